The molecule has 26 heavy (non-hydrogen) atoms. The van der Waals surface area contributed by atoms with E-state index in [1.165, 1.54) is 16.8 Å². The van der Waals surface area contributed by atoms with Crippen molar-refractivity contribution in [2.75, 3.05) is 0 Å². The Morgan fingerprint density at radius 3 is 2.42 bits per heavy atom. The van der Waals surface area contributed by atoms with E-state index in [1.807, 2.05) is 0 Å². The number of rotatable bonds is 8. The van der Waals surface area contributed by atoms with Crippen LogP contribution in [0, 0.1) is 18.8 Å². The quantitative estimate of drug-likeness (QED) is 0.634. The highest BCUT2D eigenvalue weighted by Crippen LogP contribution is 2.19. The van der Waals surface area contributed by atoms with Crippen LogP contribution in [0.15, 0.2) is 42.6 Å². The Morgan fingerprint density at radius 1 is 1.08 bits per heavy atom. The Kier molecular flexibility index (Phi) is 7.07. The number of aryl methyl sites for hydroxylation is 1. The van der Waals surface area contributed by atoms with Crippen LogP contribution >= 0.6 is 0 Å². The standard InChI is InChI=1S/C23H34N2O/c1-17(2)13-23(26)25(20(6)18(3)4)16-22-11-8-12-24(22)15-21-10-7-9-19(5)14-21/h7-12,14,17-18,20H,13,15-16H2,1-6H3/t20-/m1/s1. The second-order valence-electron chi connectivity index (χ2n) is 8.22. The zero-order valence-electron chi connectivity index (χ0n) is 17.2. The van der Waals surface area contributed by atoms with Crippen molar-refractivity contribution < 1.29 is 4.79 Å². The van der Waals surface area contributed by atoms with E-state index in [-0.39, 0.29) is 11.9 Å². The lowest BCUT2D eigenvalue weighted by Crippen LogP contribution is -2.41. The molecule has 142 valence electrons. The van der Waals surface area contributed by atoms with Crippen molar-refractivity contribution in [2.24, 2.45) is 11.8 Å². The average molecular weight is 355 g/mol. The Balaban J connectivity index is 2.20. The number of hydrogen-bond donors (Lipinski definition) is 0. The van der Waals surface area contributed by atoms with E-state index in [2.05, 4.69) is 93.6 Å². The van der Waals surface area contributed by atoms with E-state index < -0.39 is 0 Å². The number of carbonyl (C=O) groups excluding carboxylic acids is 1. The van der Waals surface area contributed by atoms with Crippen molar-refractivity contribution in [1.82, 2.24) is 9.47 Å². The molecule has 1 aromatic carbocycles. The summed E-state index contributed by atoms with van der Waals surface area (Å²) in [7, 11) is 0. The molecular weight excluding hydrogens is 320 g/mol. The summed E-state index contributed by atoms with van der Waals surface area (Å²) < 4.78 is 2.26. The fourth-order valence-corrected chi connectivity index (χ4v) is 3.21. The van der Waals surface area contributed by atoms with Crippen LogP contribution in [0.1, 0.15) is 57.9 Å². The highest BCUT2D eigenvalue weighted by molar-refractivity contribution is 5.76. The molecule has 3 nitrogen and oxygen atoms in total. The summed E-state index contributed by atoms with van der Waals surface area (Å²) in [6.07, 6.45) is 2.72. The van der Waals surface area contributed by atoms with Gasteiger partial charge in [0, 0.05) is 30.9 Å². The molecule has 0 aliphatic rings. The van der Waals surface area contributed by atoms with Gasteiger partial charge in [-0.15, -0.1) is 0 Å². The summed E-state index contributed by atoms with van der Waals surface area (Å²) in [4.78, 5) is 14.9. The SMILES string of the molecule is Cc1cccc(Cn2cccc2CN(C(=O)CC(C)C)[C@H](C)C(C)C)c1. The van der Waals surface area contributed by atoms with Gasteiger partial charge in [0.15, 0.2) is 0 Å². The summed E-state index contributed by atoms with van der Waals surface area (Å²) >= 11 is 0. The van der Waals surface area contributed by atoms with Crippen LogP contribution in [-0.4, -0.2) is 21.4 Å². The average Bonchev–Trinajstić information content (AvgIpc) is 2.98. The van der Waals surface area contributed by atoms with Gasteiger partial charge in [-0.2, -0.15) is 0 Å². The Labute approximate surface area is 159 Å². The highest BCUT2D eigenvalue weighted by Gasteiger charge is 2.24. The maximum Gasteiger partial charge on any atom is 0.223 e. The molecule has 0 bridgehead atoms. The van der Waals surface area contributed by atoms with E-state index in [0.717, 1.165) is 6.54 Å². The van der Waals surface area contributed by atoms with E-state index in [4.69, 9.17) is 0 Å². The molecule has 1 atom stereocenters. The molecule has 2 rings (SSSR count). The molecular formula is C23H34N2O. The third kappa shape index (κ3) is 5.48. The minimum Gasteiger partial charge on any atom is -0.345 e. The summed E-state index contributed by atoms with van der Waals surface area (Å²) in [5.41, 5.74) is 3.76. The van der Waals surface area contributed by atoms with Crippen molar-refractivity contribution in [3.05, 3.63) is 59.4 Å². The topological polar surface area (TPSA) is 25.2 Å². The molecule has 0 N–H and O–H groups in total. The van der Waals surface area contributed by atoms with Gasteiger partial charge >= 0.3 is 0 Å². The van der Waals surface area contributed by atoms with E-state index in [1.54, 1.807) is 0 Å². The molecule has 1 amide bonds. The largest absolute Gasteiger partial charge is 0.345 e. The van der Waals surface area contributed by atoms with Crippen LogP contribution in [0.25, 0.3) is 0 Å². The Morgan fingerprint density at radius 2 is 1.81 bits per heavy atom. The molecule has 0 aliphatic carbocycles. The summed E-state index contributed by atoms with van der Waals surface area (Å²) in [5, 5.41) is 0. The molecule has 1 aromatic heterocycles. The number of aromatic nitrogens is 1. The van der Waals surface area contributed by atoms with Gasteiger partial charge in [0.1, 0.15) is 0 Å². The fourth-order valence-electron chi connectivity index (χ4n) is 3.21. The predicted molar refractivity (Wildman–Crippen MR) is 109 cm³/mol. The van der Waals surface area contributed by atoms with Crippen molar-refractivity contribution in [3.8, 4) is 0 Å². The normalized spacial score (nSPS) is 12.6. The third-order valence-electron chi connectivity index (χ3n) is 5.05. The first-order valence-electron chi connectivity index (χ1n) is 9.77. The fraction of sp³-hybridized carbons (Fsp3) is 0.522. The first-order valence-corrected chi connectivity index (χ1v) is 9.77. The minimum atomic E-state index is 0.226. The lowest BCUT2D eigenvalue weighted by Gasteiger charge is -2.33. The van der Waals surface area contributed by atoms with E-state index in [9.17, 15) is 4.79 Å². The van der Waals surface area contributed by atoms with Gasteiger partial charge in [-0.3, -0.25) is 4.79 Å². The Bertz CT molecular complexity index is 715. The maximum absolute atomic E-state index is 12.9. The summed E-state index contributed by atoms with van der Waals surface area (Å²) in [6, 6.07) is 13.1. The van der Waals surface area contributed by atoms with Crippen molar-refractivity contribution in [2.45, 2.75) is 67.1 Å². The van der Waals surface area contributed by atoms with Crippen LogP contribution in [0.5, 0.6) is 0 Å². The Hall–Kier alpha value is -2.03. The van der Waals surface area contributed by atoms with Crippen LogP contribution < -0.4 is 0 Å². The number of amides is 1. The zero-order valence-corrected chi connectivity index (χ0v) is 17.2. The molecule has 0 fully saturated rings. The van der Waals surface area contributed by atoms with Crippen molar-refractivity contribution >= 4 is 5.91 Å². The van der Waals surface area contributed by atoms with Crippen LogP contribution in [0.2, 0.25) is 0 Å². The highest BCUT2D eigenvalue weighted by atomic mass is 16.2. The molecule has 0 saturated heterocycles. The molecule has 2 aromatic rings. The summed E-state index contributed by atoms with van der Waals surface area (Å²) in [6.45, 7) is 14.4. The van der Waals surface area contributed by atoms with Gasteiger partial charge in [0.25, 0.3) is 0 Å². The number of carbonyl (C=O) groups is 1. The van der Waals surface area contributed by atoms with Crippen LogP contribution in [0.3, 0.4) is 0 Å². The molecule has 0 aliphatic heterocycles. The molecule has 0 unspecified atom stereocenters. The second kappa shape index (κ2) is 9.07. The van der Waals surface area contributed by atoms with E-state index in [0.29, 0.717) is 24.8 Å². The summed E-state index contributed by atoms with van der Waals surface area (Å²) in [5.74, 6) is 1.07. The zero-order chi connectivity index (χ0) is 19.3. The van der Waals surface area contributed by atoms with Gasteiger partial charge in [0.2, 0.25) is 5.91 Å². The number of hydrogen-bond acceptors (Lipinski definition) is 1. The first-order chi connectivity index (χ1) is 12.3. The lowest BCUT2D eigenvalue weighted by molar-refractivity contribution is -0.135. The smallest absolute Gasteiger partial charge is 0.223 e. The van der Waals surface area contributed by atoms with Crippen LogP contribution in [0.4, 0.5) is 0 Å². The second-order valence-corrected chi connectivity index (χ2v) is 8.22. The molecule has 0 radical (unpaired) electrons. The number of benzene rings is 1. The lowest BCUT2D eigenvalue weighted by atomic mass is 10.0. The van der Waals surface area contributed by atoms with E-state index >= 15 is 0 Å². The first kappa shape index (κ1) is 20.3. The van der Waals surface area contributed by atoms with Crippen LogP contribution in [-0.2, 0) is 17.9 Å². The molecule has 1 heterocycles. The monoisotopic (exact) mass is 354 g/mol. The van der Waals surface area contributed by atoms with Crippen molar-refractivity contribution in [1.29, 1.82) is 0 Å². The van der Waals surface area contributed by atoms with Gasteiger partial charge in [-0.1, -0.05) is 57.5 Å². The van der Waals surface area contributed by atoms with Gasteiger partial charge < -0.3 is 9.47 Å². The minimum absolute atomic E-state index is 0.226. The maximum atomic E-state index is 12.9. The third-order valence-corrected chi connectivity index (χ3v) is 5.05. The molecule has 0 saturated carbocycles. The van der Waals surface area contributed by atoms with Crippen molar-refractivity contribution in [3.63, 3.8) is 0 Å². The number of nitrogens with zero attached hydrogens (tertiary/aromatic N) is 2. The van der Waals surface area contributed by atoms with Gasteiger partial charge in [-0.25, -0.2) is 0 Å². The molecule has 0 spiro atoms. The predicted octanol–water partition coefficient (Wildman–Crippen LogP) is 5.26. The van der Waals surface area contributed by atoms with Gasteiger partial charge in [0.05, 0.1) is 6.54 Å². The van der Waals surface area contributed by atoms with Gasteiger partial charge in [-0.05, 0) is 43.4 Å². The molecule has 3 heteroatoms.